The van der Waals surface area contributed by atoms with Crippen molar-refractivity contribution < 1.29 is 19.1 Å². The van der Waals surface area contributed by atoms with Gasteiger partial charge in [-0.15, -0.1) is 45.3 Å². The first-order chi connectivity index (χ1) is 67.3. The average Bonchev–Trinajstić information content (AvgIpc) is 1.65. The van der Waals surface area contributed by atoms with E-state index in [9.17, 15) is 14.4 Å². The number of carbonyl (C=O) groups excluding carboxylic acids is 3. The number of amides is 3. The summed E-state index contributed by atoms with van der Waals surface area (Å²) >= 11 is 13.1. The first-order valence-corrected chi connectivity index (χ1v) is 55.1. The van der Waals surface area contributed by atoms with Crippen LogP contribution in [0, 0.1) is 72.1 Å². The summed E-state index contributed by atoms with van der Waals surface area (Å²) in [6.07, 6.45) is 21.0. The highest BCUT2D eigenvalue weighted by atomic mass is 35.5. The summed E-state index contributed by atoms with van der Waals surface area (Å²) < 4.78 is 18.1. The van der Waals surface area contributed by atoms with Crippen molar-refractivity contribution in [1.29, 1.82) is 0 Å². The van der Waals surface area contributed by atoms with Gasteiger partial charge in [-0.1, -0.05) is 53.1 Å². The topological polar surface area (TPSA) is 274 Å². The van der Waals surface area contributed by atoms with E-state index in [4.69, 9.17) is 61.3 Å². The van der Waals surface area contributed by atoms with Crippen LogP contribution in [0.25, 0.3) is 69.6 Å². The maximum atomic E-state index is 12.4. The van der Waals surface area contributed by atoms with Gasteiger partial charge in [0, 0.05) is 279 Å². The fraction of sp³-hybridized carbons (Fsp3) is 0.618. The summed E-state index contributed by atoms with van der Waals surface area (Å²) in [7, 11) is 2.00. The third-order valence-electron chi connectivity index (χ3n) is 29.1. The molecule has 32 nitrogen and oxygen atoms in total. The Kier molecular flexibility index (Phi) is 32.4. The maximum absolute atomic E-state index is 12.4. The summed E-state index contributed by atoms with van der Waals surface area (Å²) in [5, 5.41) is 18.9. The van der Waals surface area contributed by atoms with Gasteiger partial charge in [-0.2, -0.15) is 25.1 Å². The summed E-state index contributed by atoms with van der Waals surface area (Å²) in [5.41, 5.74) is 16.7. The molecule has 0 bridgehead atoms. The zero-order valence-corrected chi connectivity index (χ0v) is 88.4. The van der Waals surface area contributed by atoms with Crippen LogP contribution in [0.3, 0.4) is 0 Å². The average molecular weight is 1990 g/mol. The molecule has 0 atom stereocenters. The summed E-state index contributed by atoms with van der Waals surface area (Å²) in [6, 6.07) is 2.10. The minimum atomic E-state index is 0.0517. The van der Waals surface area contributed by atoms with Crippen molar-refractivity contribution in [3.8, 4) is 28.7 Å². The number of halogens is 1. The number of aryl methyl sites for hydroxylation is 7. The van der Waals surface area contributed by atoms with E-state index >= 15 is 0 Å². The molecule has 21 rings (SSSR count). The number of thiophene rings is 4. The molecule has 0 saturated carbocycles. The van der Waals surface area contributed by atoms with E-state index in [1.54, 1.807) is 45.3 Å². The summed E-state index contributed by atoms with van der Waals surface area (Å²) in [4.78, 5) is 115. The molecule has 0 aromatic carbocycles. The van der Waals surface area contributed by atoms with E-state index in [1.165, 1.54) is 123 Å². The second kappa shape index (κ2) is 45.1. The molecule has 9 aliphatic heterocycles. The van der Waals surface area contributed by atoms with E-state index in [0.717, 1.165) is 331 Å². The highest BCUT2D eigenvalue weighted by Crippen LogP contribution is 2.42. The summed E-state index contributed by atoms with van der Waals surface area (Å²) in [5.74, 6) is 9.61. The quantitative estimate of drug-likeness (QED) is 0.0646. The predicted molar refractivity (Wildman–Crippen MR) is 561 cm³/mol. The molecule has 9 aliphatic rings. The van der Waals surface area contributed by atoms with Crippen LogP contribution in [-0.2, 0) is 52.3 Å². The van der Waals surface area contributed by atoms with E-state index in [1.807, 2.05) is 97.3 Å². The fourth-order valence-corrected chi connectivity index (χ4v) is 25.3. The number of fused-ring (bicyclic) bond motifs is 4. The van der Waals surface area contributed by atoms with Crippen LogP contribution in [-0.4, -0.2) is 312 Å². The molecule has 746 valence electrons. The number of piperidine rings is 4. The molecule has 0 radical (unpaired) electrons. The van der Waals surface area contributed by atoms with Crippen molar-refractivity contribution in [2.24, 2.45) is 30.7 Å². The number of nitrogens with zero attached hydrogens (tertiary/aromatic N) is 28. The van der Waals surface area contributed by atoms with Gasteiger partial charge in [-0.3, -0.25) is 47.8 Å². The minimum absolute atomic E-state index is 0.0517. The monoisotopic (exact) mass is 1990 g/mol. The van der Waals surface area contributed by atoms with E-state index in [0.29, 0.717) is 5.15 Å². The molecular weight excluding hydrogens is 1850 g/mol. The van der Waals surface area contributed by atoms with Gasteiger partial charge in [0.05, 0.1) is 63.6 Å². The van der Waals surface area contributed by atoms with Crippen molar-refractivity contribution in [3.05, 3.63) is 108 Å². The van der Waals surface area contributed by atoms with Crippen molar-refractivity contribution in [2.45, 2.75) is 206 Å². The SMILES string of the molecule is Cc1cc(C)n(-c2nc(N3CCCCC3)nc3c(CN4CCN(C(=O)C(C)C)CC4)csc23)n1.Cc1cn(-c2nc(N3CCCCC3)nc3c(CN4CCN(CC5CCOCC5)CC4)csc23)c(C)n1.Cc1nc(Cl)cn1-c1nc(N2CCCCC2)nc2c(CN3CCN(C(=O)C(C)C)CC3)csc12.Cc1nn(C)c(C)c1-c1nc(N2CCCCC2)nc2c(CN3CCN(C(=O)C(C)C)CC3)csc12. The third kappa shape index (κ3) is 23.1. The number of hydrogen-bond donors (Lipinski definition) is 0. The second-order valence-electron chi connectivity index (χ2n) is 40.5. The van der Waals surface area contributed by atoms with Gasteiger partial charge in [-0.25, -0.2) is 39.6 Å². The number of anilines is 4. The number of carbonyl (C=O) groups is 3. The van der Waals surface area contributed by atoms with Crippen LogP contribution in [0.1, 0.15) is 194 Å². The molecule has 3 amide bonds. The van der Waals surface area contributed by atoms with E-state index in [-0.39, 0.29) is 35.5 Å². The van der Waals surface area contributed by atoms with Crippen LogP contribution in [0.15, 0.2) is 40.0 Å². The zero-order chi connectivity index (χ0) is 96.8. The number of piperazine rings is 4. The number of aromatic nitrogens is 16. The van der Waals surface area contributed by atoms with Crippen LogP contribution in [0.5, 0.6) is 0 Å². The molecule has 37 heteroatoms. The lowest BCUT2D eigenvalue weighted by molar-refractivity contribution is -0.137. The van der Waals surface area contributed by atoms with Crippen LogP contribution in [0.2, 0.25) is 5.15 Å². The standard InChI is InChI=1S/C27H39N7OS.C26H37N7OS.C25H35N7OS.C24H32ClN7OS/c1-20-16-34(21(2)28-20)26-25-24(29-27(30-26)33-8-4-3-5-9-33)23(19-36-25)18-32-12-10-31(11-13-32)17-22-6-14-35-15-7-22;1-17(2)25(34)32-13-11-31(12-14-32)15-20-16-35-24-22(20)27-26(33-9-7-6-8-10-33)28-23(24)21-18(3)29-30(5)19(21)4;1-17(2)24(33)30-12-10-29(11-13-30)15-20-16-34-22-21(20)26-25(31-8-6-5-7-9-31)27-23(22)32-19(4)14-18(3)28-32;1-16(2)23(33)30-11-9-29(10-12-30)13-18-15-34-21-20(18)27-24(31-7-5-4-6-8-31)28-22(21)32-14-19(25)26-17(32)3/h16,19,22H,3-15,17-18H2,1-2H3;16-17H,6-15H2,1-5H3;14,16-17H,5-13,15H2,1-4H3;14-16H,4-13H2,1-3H3. The van der Waals surface area contributed by atoms with Crippen LogP contribution in [0.4, 0.5) is 23.8 Å². The molecule has 0 aliphatic carbocycles. The molecule has 0 N–H and O–H groups in total. The Balaban J connectivity index is 0.000000123. The number of rotatable bonds is 21. The van der Waals surface area contributed by atoms with Gasteiger partial charge in [0.2, 0.25) is 41.5 Å². The second-order valence-corrected chi connectivity index (χ2v) is 44.5. The van der Waals surface area contributed by atoms with E-state index in [2.05, 4.69) is 132 Å². The Hall–Kier alpha value is -9.34. The molecule has 139 heavy (non-hydrogen) atoms. The Morgan fingerprint density at radius 2 is 0.734 bits per heavy atom. The van der Waals surface area contributed by atoms with Crippen molar-refractivity contribution in [2.75, 3.05) is 196 Å². The number of imidazole rings is 2. The molecule has 0 spiro atoms. The van der Waals surface area contributed by atoms with Gasteiger partial charge in [0.25, 0.3) is 0 Å². The van der Waals surface area contributed by atoms with Crippen molar-refractivity contribution >= 4 is 139 Å². The van der Waals surface area contributed by atoms with Gasteiger partial charge >= 0.3 is 0 Å². The Labute approximate surface area is 839 Å². The summed E-state index contributed by atoms with van der Waals surface area (Å²) in [6.45, 7) is 55.6. The van der Waals surface area contributed by atoms with Crippen LogP contribution < -0.4 is 19.6 Å². The molecule has 9 fully saturated rings. The van der Waals surface area contributed by atoms with Crippen LogP contribution >= 0.6 is 56.9 Å². The smallest absolute Gasteiger partial charge is 0.228 e. The Morgan fingerprint density at radius 1 is 0.388 bits per heavy atom. The highest BCUT2D eigenvalue weighted by molar-refractivity contribution is 7.18. The van der Waals surface area contributed by atoms with Gasteiger partial charge < -0.3 is 43.9 Å². The third-order valence-corrected chi connectivity index (χ3v) is 33.4. The maximum Gasteiger partial charge on any atom is 0.228 e. The largest absolute Gasteiger partial charge is 0.381 e. The first kappa shape index (κ1) is 99.8. The normalized spacial score (nSPS) is 18.6. The fourth-order valence-electron chi connectivity index (χ4n) is 21.1. The lowest BCUT2D eigenvalue weighted by Gasteiger charge is -2.37. The molecule has 21 heterocycles. The zero-order valence-electron chi connectivity index (χ0n) is 84.3. The Bertz CT molecular complexity index is 6040. The minimum Gasteiger partial charge on any atom is -0.381 e. The molecular formula is C102H143ClN28O4S4. The van der Waals surface area contributed by atoms with Gasteiger partial charge in [0.15, 0.2) is 17.5 Å². The predicted octanol–water partition coefficient (Wildman–Crippen LogP) is 15.9. The van der Waals surface area contributed by atoms with Gasteiger partial charge in [0.1, 0.15) is 16.8 Å². The van der Waals surface area contributed by atoms with E-state index < -0.39 is 0 Å². The number of ether oxygens (including phenoxy) is 1. The lowest BCUT2D eigenvalue weighted by Crippen LogP contribution is -2.49. The molecule has 12 aromatic heterocycles. The molecule has 9 saturated heterocycles. The molecule has 12 aromatic rings. The van der Waals surface area contributed by atoms with Crippen molar-refractivity contribution in [3.63, 3.8) is 0 Å². The van der Waals surface area contributed by atoms with Crippen molar-refractivity contribution in [1.82, 2.24) is 118 Å². The Morgan fingerprint density at radius 3 is 1.08 bits per heavy atom. The first-order valence-electron chi connectivity index (χ1n) is 51.3. The highest BCUT2D eigenvalue weighted by Gasteiger charge is 2.34. The van der Waals surface area contributed by atoms with Gasteiger partial charge in [-0.05, 0) is 172 Å². The number of hydrogen-bond acceptors (Lipinski definition) is 29. The lowest BCUT2D eigenvalue weighted by atomic mass is 9.99. The molecule has 0 unspecified atom stereocenters.